The molecule has 5 heteroatoms. The molecule has 2 aromatic carbocycles. The Kier molecular flexibility index (Phi) is 9.56. The van der Waals surface area contributed by atoms with E-state index in [0.29, 0.717) is 0 Å². The number of hydrogen-bond donors (Lipinski definition) is 0. The Morgan fingerprint density at radius 1 is 0.667 bits per heavy atom. The van der Waals surface area contributed by atoms with E-state index in [1.54, 1.807) is 48.5 Å². The van der Waals surface area contributed by atoms with Gasteiger partial charge in [-0.2, -0.15) is 0 Å². The van der Waals surface area contributed by atoms with Crippen LogP contribution in [0.1, 0.15) is 11.1 Å². The van der Waals surface area contributed by atoms with Gasteiger partial charge in [-0.1, -0.05) is 60.7 Å². The van der Waals surface area contributed by atoms with Gasteiger partial charge < -0.3 is 19.8 Å². The largest absolute Gasteiger partial charge is 2.00 e. The van der Waals surface area contributed by atoms with Gasteiger partial charge in [0.15, 0.2) is 0 Å². The molecule has 0 spiro atoms. The van der Waals surface area contributed by atoms with E-state index in [-0.39, 0.29) is 29.3 Å². The predicted molar refractivity (Wildman–Crippen MR) is 70.3 cm³/mol. The van der Waals surface area contributed by atoms with Crippen molar-refractivity contribution in [3.63, 3.8) is 0 Å². The zero-order valence-corrected chi connectivity index (χ0v) is 12.1. The Labute approximate surface area is 133 Å². The summed E-state index contributed by atoms with van der Waals surface area (Å²) in [6, 6.07) is 17.9. The van der Waals surface area contributed by atoms with Crippen LogP contribution >= 0.6 is 0 Å². The molecule has 0 bridgehead atoms. The second-order valence-corrected chi connectivity index (χ2v) is 4.07. The fraction of sp³-hybridized carbons (Fsp3) is 0.125. The number of hydrogen-bond acceptors (Lipinski definition) is 4. The summed E-state index contributed by atoms with van der Waals surface area (Å²) >= 11 is 0. The molecular formula is C16H14NiO4. The quantitative estimate of drug-likeness (QED) is 0.737. The van der Waals surface area contributed by atoms with Gasteiger partial charge in [0, 0.05) is 24.8 Å². The monoisotopic (exact) mass is 328 g/mol. The molecule has 0 saturated carbocycles. The molecule has 21 heavy (non-hydrogen) atoms. The fourth-order valence-electron chi connectivity index (χ4n) is 1.53. The second-order valence-electron chi connectivity index (χ2n) is 4.07. The SMILES string of the molecule is O=C([O-])Cc1ccccc1.O=C([O-])Cc1ccccc1.[Ni+2]. The molecule has 0 aromatic heterocycles. The number of carbonyl (C=O) groups excluding carboxylic acids is 2. The molecule has 0 fully saturated rings. The number of rotatable bonds is 4. The molecule has 0 atom stereocenters. The maximum absolute atomic E-state index is 10.1. The summed E-state index contributed by atoms with van der Waals surface area (Å²) in [5.41, 5.74) is 1.56. The van der Waals surface area contributed by atoms with Crippen molar-refractivity contribution in [1.82, 2.24) is 0 Å². The van der Waals surface area contributed by atoms with Crippen LogP contribution in [0.2, 0.25) is 0 Å². The average Bonchev–Trinajstić information content (AvgIpc) is 2.40. The van der Waals surface area contributed by atoms with Gasteiger partial charge in [0.25, 0.3) is 0 Å². The predicted octanol–water partition coefficient (Wildman–Crippen LogP) is -0.0445. The average molecular weight is 329 g/mol. The van der Waals surface area contributed by atoms with Crippen LogP contribution in [-0.2, 0) is 38.9 Å². The summed E-state index contributed by atoms with van der Waals surface area (Å²) in [5, 5.41) is 20.1. The summed E-state index contributed by atoms with van der Waals surface area (Å²) in [6.07, 6.45) is 0.00167. The van der Waals surface area contributed by atoms with Crippen LogP contribution in [0, 0.1) is 0 Å². The maximum atomic E-state index is 10.1. The first-order valence-corrected chi connectivity index (χ1v) is 6.05. The molecule has 0 amide bonds. The van der Waals surface area contributed by atoms with E-state index in [4.69, 9.17) is 0 Å². The van der Waals surface area contributed by atoms with E-state index in [9.17, 15) is 19.8 Å². The summed E-state index contributed by atoms with van der Waals surface area (Å²) in [5.74, 6) is -2.07. The van der Waals surface area contributed by atoms with Crippen LogP contribution in [0.15, 0.2) is 60.7 Å². The third-order valence-electron chi connectivity index (χ3n) is 2.38. The molecular weight excluding hydrogens is 315 g/mol. The van der Waals surface area contributed by atoms with E-state index in [1.807, 2.05) is 12.1 Å². The third kappa shape index (κ3) is 9.41. The first-order chi connectivity index (χ1) is 9.58. The number of benzene rings is 2. The van der Waals surface area contributed by atoms with E-state index >= 15 is 0 Å². The molecule has 0 heterocycles. The normalized spacial score (nSPS) is 8.76. The minimum atomic E-state index is -1.04. The zero-order valence-electron chi connectivity index (χ0n) is 11.1. The Bertz CT molecular complexity index is 489. The first-order valence-electron chi connectivity index (χ1n) is 6.05. The molecule has 0 N–H and O–H groups in total. The van der Waals surface area contributed by atoms with Crippen molar-refractivity contribution in [2.75, 3.05) is 0 Å². The molecule has 2 rings (SSSR count). The van der Waals surface area contributed by atoms with Gasteiger partial charge in [-0.3, -0.25) is 0 Å². The van der Waals surface area contributed by atoms with Gasteiger partial charge in [0.2, 0.25) is 0 Å². The number of carboxylic acids is 2. The van der Waals surface area contributed by atoms with E-state index in [1.165, 1.54) is 0 Å². The Balaban J connectivity index is 0.000000364. The van der Waals surface area contributed by atoms with Crippen molar-refractivity contribution in [1.29, 1.82) is 0 Å². The molecule has 0 aliphatic rings. The van der Waals surface area contributed by atoms with Crippen molar-refractivity contribution in [3.8, 4) is 0 Å². The van der Waals surface area contributed by atoms with Crippen molar-refractivity contribution < 1.29 is 36.3 Å². The number of aliphatic carboxylic acids is 2. The van der Waals surface area contributed by atoms with Crippen molar-refractivity contribution in [2.45, 2.75) is 12.8 Å². The van der Waals surface area contributed by atoms with E-state index < -0.39 is 11.9 Å². The molecule has 0 aliphatic heterocycles. The smallest absolute Gasteiger partial charge is 0.550 e. The standard InChI is InChI=1S/2C8H8O2.Ni/c2*9-8(10)6-7-4-2-1-3-5-7;/h2*1-5H,6H2,(H,9,10);/q;;+2/p-2. The van der Waals surface area contributed by atoms with E-state index in [0.717, 1.165) is 11.1 Å². The minimum absolute atomic E-state index is 0. The maximum Gasteiger partial charge on any atom is 2.00 e. The Morgan fingerprint density at radius 3 is 1.19 bits per heavy atom. The summed E-state index contributed by atoms with van der Waals surface area (Å²) < 4.78 is 0. The molecule has 0 aliphatic carbocycles. The topological polar surface area (TPSA) is 80.3 Å². The molecule has 2 aromatic rings. The van der Waals surface area contributed by atoms with Gasteiger partial charge in [-0.05, 0) is 11.1 Å². The van der Waals surface area contributed by atoms with Crippen molar-refractivity contribution >= 4 is 11.9 Å². The third-order valence-corrected chi connectivity index (χ3v) is 2.38. The van der Waals surface area contributed by atoms with Gasteiger partial charge >= 0.3 is 16.5 Å². The Morgan fingerprint density at radius 2 is 0.952 bits per heavy atom. The van der Waals surface area contributed by atoms with Crippen molar-refractivity contribution in [3.05, 3.63) is 71.8 Å². The van der Waals surface area contributed by atoms with Gasteiger partial charge in [0.05, 0.1) is 0 Å². The van der Waals surface area contributed by atoms with Gasteiger partial charge in [0.1, 0.15) is 0 Å². The van der Waals surface area contributed by atoms with Crippen LogP contribution in [0.5, 0.6) is 0 Å². The summed E-state index contributed by atoms with van der Waals surface area (Å²) in [7, 11) is 0. The minimum Gasteiger partial charge on any atom is -0.550 e. The van der Waals surface area contributed by atoms with Crippen LogP contribution in [-0.4, -0.2) is 11.9 Å². The van der Waals surface area contributed by atoms with Crippen molar-refractivity contribution in [2.24, 2.45) is 0 Å². The van der Waals surface area contributed by atoms with Gasteiger partial charge in [-0.15, -0.1) is 0 Å². The molecule has 0 saturated heterocycles. The Hall–Kier alpha value is -2.13. The molecule has 4 nitrogen and oxygen atoms in total. The number of carbonyl (C=O) groups is 2. The van der Waals surface area contributed by atoms with Gasteiger partial charge in [-0.25, -0.2) is 0 Å². The first kappa shape index (κ1) is 18.9. The van der Waals surface area contributed by atoms with Crippen LogP contribution in [0.3, 0.4) is 0 Å². The number of carboxylic acid groups (broad SMARTS) is 2. The summed E-state index contributed by atoms with van der Waals surface area (Å²) in [4.78, 5) is 20.1. The fourth-order valence-corrected chi connectivity index (χ4v) is 1.53. The second kappa shape index (κ2) is 10.6. The van der Waals surface area contributed by atoms with E-state index in [2.05, 4.69) is 0 Å². The molecule has 0 radical (unpaired) electrons. The van der Waals surface area contributed by atoms with Crippen LogP contribution in [0.4, 0.5) is 0 Å². The molecule has 0 unspecified atom stereocenters. The van der Waals surface area contributed by atoms with Crippen LogP contribution in [0.25, 0.3) is 0 Å². The van der Waals surface area contributed by atoms with Crippen LogP contribution < -0.4 is 10.2 Å². The zero-order chi connectivity index (χ0) is 14.8. The summed E-state index contributed by atoms with van der Waals surface area (Å²) in [6.45, 7) is 0. The molecule has 112 valence electrons.